The lowest BCUT2D eigenvalue weighted by atomic mass is 10.3. The molecule has 0 spiro atoms. The Hall–Kier alpha value is -3.18. The van der Waals surface area contributed by atoms with Gasteiger partial charge in [0.05, 0.1) is 0 Å². The van der Waals surface area contributed by atoms with Crippen LogP contribution in [0.4, 0.5) is 4.79 Å². The Balaban J connectivity index is 2.08. The summed E-state index contributed by atoms with van der Waals surface area (Å²) in [7, 11) is -3.08. The van der Waals surface area contributed by atoms with E-state index in [-0.39, 0.29) is 18.5 Å². The second kappa shape index (κ2) is 7.44. The molecular weight excluding hydrogens is 364 g/mol. The quantitative estimate of drug-likeness (QED) is 0.382. The average molecular weight is 387 g/mol. The van der Waals surface area contributed by atoms with E-state index in [2.05, 4.69) is 0 Å². The van der Waals surface area contributed by atoms with Gasteiger partial charge in [-0.15, -0.1) is 0 Å². The van der Waals surface area contributed by atoms with Crippen molar-refractivity contribution < 1.29 is 9.59 Å². The number of carbonyl (C=O) groups excluding carboxylic acids is 2. The number of urea groups is 1. The van der Waals surface area contributed by atoms with Gasteiger partial charge < -0.3 is 4.90 Å². The van der Waals surface area contributed by atoms with E-state index in [1.54, 1.807) is 9.47 Å². The van der Waals surface area contributed by atoms with Crippen LogP contribution in [0.2, 0.25) is 0 Å². The maximum absolute atomic E-state index is 13.4. The van der Waals surface area contributed by atoms with E-state index in [0.717, 1.165) is 15.6 Å². The summed E-state index contributed by atoms with van der Waals surface area (Å²) in [6.07, 6.45) is 0. The summed E-state index contributed by atoms with van der Waals surface area (Å²) in [6, 6.07) is 29.8. The molecule has 0 aliphatic carbocycles. The Kier molecular flexibility index (Phi) is 4.84. The van der Waals surface area contributed by atoms with Crippen molar-refractivity contribution in [3.05, 3.63) is 91.0 Å². The molecule has 1 aliphatic heterocycles. The molecule has 0 atom stereocenters. The number of hydrogen-bond donors (Lipinski definition) is 0. The highest BCUT2D eigenvalue weighted by molar-refractivity contribution is 7.11. The molecule has 5 heteroatoms. The van der Waals surface area contributed by atoms with Crippen molar-refractivity contribution in [1.29, 1.82) is 0 Å². The van der Waals surface area contributed by atoms with Gasteiger partial charge in [0.25, 0.3) is 8.24 Å². The van der Waals surface area contributed by atoms with Gasteiger partial charge in [0.1, 0.15) is 6.54 Å². The molecule has 28 heavy (non-hydrogen) atoms. The molecule has 1 fully saturated rings. The van der Waals surface area contributed by atoms with Gasteiger partial charge in [0.2, 0.25) is 5.91 Å². The Labute approximate surface area is 166 Å². The third-order valence-electron chi connectivity index (χ3n) is 5.33. The molecule has 0 bridgehead atoms. The number of amides is 3. The molecule has 0 saturated carbocycles. The lowest BCUT2D eigenvalue weighted by Crippen LogP contribution is -2.78. The van der Waals surface area contributed by atoms with Crippen molar-refractivity contribution in [2.24, 2.45) is 0 Å². The summed E-state index contributed by atoms with van der Waals surface area (Å²) in [5, 5.41) is 3.06. The predicted octanol–water partition coefficient (Wildman–Crippen LogP) is 1.94. The van der Waals surface area contributed by atoms with Crippen molar-refractivity contribution in [1.82, 2.24) is 9.47 Å². The lowest BCUT2D eigenvalue weighted by Gasteiger charge is -2.39. The predicted molar refractivity (Wildman–Crippen MR) is 113 cm³/mol. The molecule has 1 saturated heterocycles. The highest BCUT2D eigenvalue weighted by atomic mass is 28.3. The lowest BCUT2D eigenvalue weighted by molar-refractivity contribution is -0.122. The van der Waals surface area contributed by atoms with E-state index in [1.165, 1.54) is 0 Å². The molecule has 3 aromatic carbocycles. The standard InChI is InChI=1S/C23H22N2O2Si/c1-2-24-18-22(26)25(23(24)27)28(19-12-6-3-7-13-19,20-14-8-4-9-15-20)21-16-10-5-11-17-21/h3-17H,2,18H2,1H3. The number of rotatable bonds is 5. The Morgan fingerprint density at radius 3 is 1.43 bits per heavy atom. The minimum absolute atomic E-state index is 0.130. The molecule has 0 unspecified atom stereocenters. The zero-order valence-corrected chi connectivity index (χ0v) is 16.8. The summed E-state index contributed by atoms with van der Waals surface area (Å²) in [6.45, 7) is 2.56. The van der Waals surface area contributed by atoms with Crippen LogP contribution in [0, 0.1) is 0 Å². The van der Waals surface area contributed by atoms with Gasteiger partial charge >= 0.3 is 6.03 Å². The van der Waals surface area contributed by atoms with E-state index in [4.69, 9.17) is 0 Å². The SMILES string of the molecule is CCN1CC(=O)N([Si](c2ccccc2)(c2ccccc2)c2ccccc2)C1=O. The minimum Gasteiger partial charge on any atom is -0.316 e. The molecule has 0 aromatic heterocycles. The van der Waals surface area contributed by atoms with Crippen molar-refractivity contribution in [3.8, 4) is 0 Å². The largest absolute Gasteiger partial charge is 0.319 e. The van der Waals surface area contributed by atoms with Gasteiger partial charge in [-0.1, -0.05) is 91.0 Å². The van der Waals surface area contributed by atoms with Crippen molar-refractivity contribution >= 4 is 35.7 Å². The van der Waals surface area contributed by atoms with Crippen LogP contribution < -0.4 is 15.6 Å². The van der Waals surface area contributed by atoms with E-state index >= 15 is 0 Å². The fourth-order valence-corrected chi connectivity index (χ4v) is 8.72. The minimum atomic E-state index is -3.08. The molecule has 3 aromatic rings. The van der Waals surface area contributed by atoms with Crippen LogP contribution in [0.3, 0.4) is 0 Å². The smallest absolute Gasteiger partial charge is 0.316 e. The molecular formula is C23H22N2O2Si. The Morgan fingerprint density at radius 1 is 0.714 bits per heavy atom. The van der Waals surface area contributed by atoms with E-state index in [1.807, 2.05) is 97.9 Å². The van der Waals surface area contributed by atoms with Crippen LogP contribution >= 0.6 is 0 Å². The van der Waals surface area contributed by atoms with Gasteiger partial charge in [0, 0.05) is 6.54 Å². The molecule has 140 valence electrons. The van der Waals surface area contributed by atoms with Crippen LogP contribution in [0.25, 0.3) is 0 Å². The van der Waals surface area contributed by atoms with E-state index in [0.29, 0.717) is 6.54 Å². The van der Waals surface area contributed by atoms with Crippen molar-refractivity contribution in [2.75, 3.05) is 13.1 Å². The second-order valence-corrected chi connectivity index (χ2v) is 10.4. The highest BCUT2D eigenvalue weighted by Crippen LogP contribution is 2.21. The van der Waals surface area contributed by atoms with Crippen LogP contribution in [0.1, 0.15) is 6.92 Å². The molecule has 4 nitrogen and oxygen atoms in total. The second-order valence-electron chi connectivity index (χ2n) is 6.83. The molecule has 4 rings (SSSR count). The summed E-state index contributed by atoms with van der Waals surface area (Å²) >= 11 is 0. The van der Waals surface area contributed by atoms with E-state index in [9.17, 15) is 9.59 Å². The number of benzene rings is 3. The monoisotopic (exact) mass is 386 g/mol. The third-order valence-corrected chi connectivity index (χ3v) is 9.95. The summed E-state index contributed by atoms with van der Waals surface area (Å²) < 4.78 is 1.58. The first-order chi connectivity index (χ1) is 13.7. The van der Waals surface area contributed by atoms with Gasteiger partial charge in [-0.25, -0.2) is 4.79 Å². The van der Waals surface area contributed by atoms with Crippen molar-refractivity contribution in [2.45, 2.75) is 6.92 Å². The molecule has 1 aliphatic rings. The molecule has 0 radical (unpaired) electrons. The number of nitrogens with zero attached hydrogens (tertiary/aromatic N) is 2. The Bertz CT molecular complexity index is 881. The number of likely N-dealkylation sites (N-methyl/N-ethyl adjacent to an activating group) is 1. The normalized spacial score (nSPS) is 14.6. The first-order valence-corrected chi connectivity index (χ1v) is 11.4. The summed E-state index contributed by atoms with van der Waals surface area (Å²) in [5.41, 5.74) is 0. The van der Waals surface area contributed by atoms with Gasteiger partial charge in [-0.3, -0.25) is 9.36 Å². The van der Waals surface area contributed by atoms with Crippen LogP contribution in [-0.2, 0) is 4.79 Å². The Morgan fingerprint density at radius 2 is 1.11 bits per heavy atom. The topological polar surface area (TPSA) is 40.6 Å². The summed E-state index contributed by atoms with van der Waals surface area (Å²) in [5.74, 6) is -0.130. The highest BCUT2D eigenvalue weighted by Gasteiger charge is 2.54. The molecule has 0 N–H and O–H groups in total. The number of hydrogen-bond acceptors (Lipinski definition) is 2. The first-order valence-electron chi connectivity index (χ1n) is 9.48. The fraction of sp³-hybridized carbons (Fsp3) is 0.130. The fourth-order valence-electron chi connectivity index (χ4n) is 4.05. The third kappa shape index (κ3) is 2.75. The maximum Gasteiger partial charge on any atom is 0.319 e. The van der Waals surface area contributed by atoms with Crippen LogP contribution in [-0.4, -0.2) is 42.7 Å². The van der Waals surface area contributed by atoms with Gasteiger partial charge in [-0.05, 0) is 22.5 Å². The molecule has 3 amide bonds. The van der Waals surface area contributed by atoms with Crippen molar-refractivity contribution in [3.63, 3.8) is 0 Å². The molecule has 1 heterocycles. The maximum atomic E-state index is 13.4. The average Bonchev–Trinajstić information content (AvgIpc) is 3.05. The van der Waals surface area contributed by atoms with Crippen LogP contribution in [0.5, 0.6) is 0 Å². The number of imide groups is 1. The summed E-state index contributed by atoms with van der Waals surface area (Å²) in [4.78, 5) is 28.2. The van der Waals surface area contributed by atoms with Crippen LogP contribution in [0.15, 0.2) is 91.0 Å². The van der Waals surface area contributed by atoms with E-state index < -0.39 is 8.24 Å². The number of carbonyl (C=O) groups is 2. The van der Waals surface area contributed by atoms with Gasteiger partial charge in [0.15, 0.2) is 0 Å². The zero-order chi connectivity index (χ0) is 19.6. The first kappa shape index (κ1) is 18.2. The van der Waals surface area contributed by atoms with Gasteiger partial charge in [-0.2, -0.15) is 0 Å². The zero-order valence-electron chi connectivity index (χ0n) is 15.8.